The first-order valence-corrected chi connectivity index (χ1v) is 21.4. The average Bonchev–Trinajstić information content (AvgIpc) is 3.72. The number of hydrogen-bond donors (Lipinski definition) is 0. The van der Waals surface area contributed by atoms with Gasteiger partial charge in [-0.05, 0) is 97.3 Å². The third kappa shape index (κ3) is 4.17. The summed E-state index contributed by atoms with van der Waals surface area (Å²) in [5.74, 6) is 0. The van der Waals surface area contributed by atoms with Crippen LogP contribution in [0.4, 0.5) is 17.1 Å². The Morgan fingerprint density at radius 3 is 2.04 bits per heavy atom. The Kier molecular flexibility index (Phi) is 6.31. The number of thiophene rings is 1. The molecule has 0 spiro atoms. The molecule has 2 heterocycles. The molecule has 8 aromatic rings. The van der Waals surface area contributed by atoms with Gasteiger partial charge in [0.2, 0.25) is 0 Å². The van der Waals surface area contributed by atoms with Crippen molar-refractivity contribution in [3.05, 3.63) is 163 Å². The van der Waals surface area contributed by atoms with Gasteiger partial charge in [-0.3, -0.25) is 0 Å². The molecule has 0 bridgehead atoms. The maximum Gasteiger partial charge on any atom is 0.114 e. The van der Waals surface area contributed by atoms with Crippen LogP contribution >= 0.6 is 11.3 Å². The molecule has 0 saturated heterocycles. The van der Waals surface area contributed by atoms with Crippen molar-refractivity contribution in [2.24, 2.45) is 0 Å². The fourth-order valence-electron chi connectivity index (χ4n) is 8.86. The number of benzene rings is 7. The van der Waals surface area contributed by atoms with Crippen LogP contribution < -0.4 is 15.3 Å². The zero-order valence-corrected chi connectivity index (χ0v) is 30.6. The van der Waals surface area contributed by atoms with E-state index in [1.54, 1.807) is 5.19 Å². The lowest BCUT2D eigenvalue weighted by atomic mass is 9.82. The van der Waals surface area contributed by atoms with Crippen LogP contribution in [0.5, 0.6) is 0 Å². The van der Waals surface area contributed by atoms with Gasteiger partial charge in [0.25, 0.3) is 0 Å². The van der Waals surface area contributed by atoms with E-state index >= 15 is 0 Å². The minimum absolute atomic E-state index is 0.0798. The minimum atomic E-state index is -1.99. The fourth-order valence-corrected chi connectivity index (χ4v) is 13.3. The molecule has 0 fully saturated rings. The van der Waals surface area contributed by atoms with Crippen LogP contribution in [0.15, 0.2) is 152 Å². The molecule has 1 nitrogen and oxygen atoms in total. The Balaban J connectivity index is 1.18. The first-order chi connectivity index (χ1) is 24.3. The number of nitrogens with zero attached hydrogens (tertiary/aromatic N) is 1. The van der Waals surface area contributed by atoms with E-state index < -0.39 is 8.07 Å². The third-order valence-corrected chi connectivity index (χ3v) is 16.2. The average molecular weight is 676 g/mol. The van der Waals surface area contributed by atoms with Gasteiger partial charge in [0.05, 0.1) is 0 Å². The second-order valence-corrected chi connectivity index (χ2v) is 20.3. The zero-order valence-electron chi connectivity index (χ0n) is 28.8. The van der Waals surface area contributed by atoms with Gasteiger partial charge in [0.1, 0.15) is 8.07 Å². The molecular formula is C47H37NSSi. The van der Waals surface area contributed by atoms with E-state index in [1.807, 2.05) is 11.3 Å². The van der Waals surface area contributed by atoms with Gasteiger partial charge >= 0.3 is 0 Å². The third-order valence-electron chi connectivity index (χ3n) is 11.5. The summed E-state index contributed by atoms with van der Waals surface area (Å²) in [6.45, 7) is 9.82. The first kappa shape index (κ1) is 29.7. The van der Waals surface area contributed by atoms with Gasteiger partial charge in [0, 0.05) is 42.6 Å². The van der Waals surface area contributed by atoms with Crippen molar-refractivity contribution in [2.75, 3.05) is 4.90 Å². The Morgan fingerprint density at radius 1 is 0.500 bits per heavy atom. The van der Waals surface area contributed by atoms with E-state index in [4.69, 9.17) is 0 Å². The van der Waals surface area contributed by atoms with E-state index in [0.29, 0.717) is 0 Å². The highest BCUT2D eigenvalue weighted by Gasteiger charge is 2.40. The van der Waals surface area contributed by atoms with Crippen LogP contribution in [0.2, 0.25) is 13.1 Å². The van der Waals surface area contributed by atoms with E-state index in [1.165, 1.54) is 86.9 Å². The number of anilines is 3. The van der Waals surface area contributed by atoms with Crippen molar-refractivity contribution in [3.8, 4) is 33.4 Å². The molecule has 0 radical (unpaired) electrons. The highest BCUT2D eigenvalue weighted by molar-refractivity contribution is 7.26. The summed E-state index contributed by atoms with van der Waals surface area (Å²) in [4.78, 5) is 2.49. The highest BCUT2D eigenvalue weighted by Crippen LogP contribution is 2.51. The highest BCUT2D eigenvalue weighted by atomic mass is 32.1. The van der Waals surface area contributed by atoms with Gasteiger partial charge in [-0.15, -0.1) is 11.3 Å². The predicted octanol–water partition coefficient (Wildman–Crippen LogP) is 12.3. The summed E-state index contributed by atoms with van der Waals surface area (Å²) in [5.41, 5.74) is 14.3. The topological polar surface area (TPSA) is 3.24 Å². The molecule has 2 aliphatic rings. The number of rotatable bonds is 4. The van der Waals surface area contributed by atoms with E-state index in [2.05, 4.69) is 184 Å². The van der Waals surface area contributed by atoms with Crippen LogP contribution in [0.1, 0.15) is 25.0 Å². The van der Waals surface area contributed by atoms with Crippen molar-refractivity contribution < 1.29 is 0 Å². The molecule has 0 unspecified atom stereocenters. The SMILES string of the molecule is CC1(C)c2ccccc2-c2ccc(N(c3cccc(-c4ccccc4)c3)c3ccc4c(c3)[Si](C)(C)c3ccc5c(sc6ccccc65)c3-4)cc21. The maximum absolute atomic E-state index is 2.54. The molecule has 1 aromatic heterocycles. The minimum Gasteiger partial charge on any atom is -0.310 e. The molecule has 7 aromatic carbocycles. The lowest BCUT2D eigenvalue weighted by Crippen LogP contribution is -2.49. The molecular weight excluding hydrogens is 639 g/mol. The van der Waals surface area contributed by atoms with Crippen LogP contribution in [0.25, 0.3) is 53.6 Å². The summed E-state index contributed by atoms with van der Waals surface area (Å²) in [6.07, 6.45) is 0. The van der Waals surface area contributed by atoms with E-state index in [9.17, 15) is 0 Å². The Hall–Kier alpha value is -5.22. The number of hydrogen-bond acceptors (Lipinski definition) is 2. The first-order valence-electron chi connectivity index (χ1n) is 17.6. The van der Waals surface area contributed by atoms with Crippen LogP contribution in [-0.4, -0.2) is 8.07 Å². The molecule has 10 rings (SSSR count). The second kappa shape index (κ2) is 10.6. The summed E-state index contributed by atoms with van der Waals surface area (Å²) in [5, 5.41) is 5.82. The molecule has 1 aliphatic carbocycles. The van der Waals surface area contributed by atoms with Crippen LogP contribution in [-0.2, 0) is 5.41 Å². The summed E-state index contributed by atoms with van der Waals surface area (Å²) < 4.78 is 2.80. The normalized spacial score (nSPS) is 14.7. The van der Waals surface area contributed by atoms with Crippen LogP contribution in [0, 0.1) is 0 Å². The van der Waals surface area contributed by atoms with E-state index in [0.717, 1.165) is 0 Å². The molecule has 0 N–H and O–H groups in total. The molecule has 1 aliphatic heterocycles. The largest absolute Gasteiger partial charge is 0.310 e. The monoisotopic (exact) mass is 675 g/mol. The maximum atomic E-state index is 2.54. The quantitative estimate of drug-likeness (QED) is 0.168. The zero-order chi connectivity index (χ0) is 33.8. The standard InChI is InChI=1S/C47H37NSSi/c1-47(2)40-19-10-8-17-35(40)36-23-21-33(28-41(36)47)48(32-16-12-15-31(27-32)30-13-6-5-7-14-30)34-22-24-39-44(29-34)50(3,4)43-26-25-38-37-18-9-11-20-42(37)49-46(38)45(39)43/h5-29H,1-4H3. The van der Waals surface area contributed by atoms with Crippen molar-refractivity contribution in [1.82, 2.24) is 0 Å². The summed E-state index contributed by atoms with van der Waals surface area (Å²) in [7, 11) is -1.99. The Labute approximate surface area is 299 Å². The lowest BCUT2D eigenvalue weighted by Gasteiger charge is -2.29. The van der Waals surface area contributed by atoms with Crippen molar-refractivity contribution in [2.45, 2.75) is 32.4 Å². The molecule has 0 amide bonds. The van der Waals surface area contributed by atoms with Gasteiger partial charge in [0.15, 0.2) is 0 Å². The second-order valence-electron chi connectivity index (χ2n) is 15.0. The van der Waals surface area contributed by atoms with Gasteiger partial charge in [-0.25, -0.2) is 0 Å². The van der Waals surface area contributed by atoms with Crippen molar-refractivity contribution in [3.63, 3.8) is 0 Å². The van der Waals surface area contributed by atoms with Crippen molar-refractivity contribution in [1.29, 1.82) is 0 Å². The molecule has 3 heteroatoms. The van der Waals surface area contributed by atoms with Gasteiger partial charge in [-0.1, -0.05) is 136 Å². The smallest absolute Gasteiger partial charge is 0.114 e. The predicted molar refractivity (Wildman–Crippen MR) is 219 cm³/mol. The molecule has 0 saturated carbocycles. The fraction of sp³-hybridized carbons (Fsp3) is 0.106. The molecule has 240 valence electrons. The van der Waals surface area contributed by atoms with Crippen LogP contribution in [0.3, 0.4) is 0 Å². The van der Waals surface area contributed by atoms with Crippen molar-refractivity contribution >= 4 is 67.0 Å². The Morgan fingerprint density at radius 2 is 1.18 bits per heavy atom. The van der Waals surface area contributed by atoms with Gasteiger partial charge < -0.3 is 4.90 Å². The number of fused-ring (bicyclic) bond motifs is 10. The Bertz CT molecular complexity index is 2660. The van der Waals surface area contributed by atoms with Gasteiger partial charge in [-0.2, -0.15) is 0 Å². The lowest BCUT2D eigenvalue weighted by molar-refractivity contribution is 0.660. The summed E-state index contributed by atoms with van der Waals surface area (Å²) in [6, 6.07) is 56.9. The van der Waals surface area contributed by atoms with E-state index in [-0.39, 0.29) is 5.41 Å². The molecule has 0 atom stereocenters. The molecule has 50 heavy (non-hydrogen) atoms. The summed E-state index contributed by atoms with van der Waals surface area (Å²) >= 11 is 1.95.